The Balaban J connectivity index is 4.56. The van der Waals surface area contributed by atoms with E-state index in [1.807, 2.05) is 6.92 Å². The van der Waals surface area contributed by atoms with Crippen LogP contribution in [-0.2, 0) is 19.2 Å². The molecule has 0 saturated carbocycles. The van der Waals surface area contributed by atoms with Gasteiger partial charge in [-0.3, -0.25) is 24.5 Å². The standard InChI is InChI=1S/C19H33N3O8S/c1-2-3-4-5-12(23)6-8-15(24)21-13(19(29)30)7-9-16(25)22-14(11-31)18(28)20-10-17(26)27/h6,8,12-15,21,23-24,31H,2-5,7,9-11H2,1H3,(H,20,28)(H,22,25)(H,26,27)(H,29,30)/t12?,13-,14-,15?/m0/s1. The van der Waals surface area contributed by atoms with E-state index in [1.165, 1.54) is 12.2 Å². The molecule has 0 heterocycles. The Hall–Kier alpha value is -2.15. The molecule has 178 valence electrons. The molecule has 31 heavy (non-hydrogen) atoms. The molecular formula is C19H33N3O8S. The number of hydrogen-bond donors (Lipinski definition) is 8. The van der Waals surface area contributed by atoms with Crippen LogP contribution in [0, 0.1) is 0 Å². The summed E-state index contributed by atoms with van der Waals surface area (Å²) in [6.07, 6.45) is 3.45. The molecular weight excluding hydrogens is 430 g/mol. The maximum absolute atomic E-state index is 12.0. The first-order valence-corrected chi connectivity index (χ1v) is 10.7. The van der Waals surface area contributed by atoms with Crippen molar-refractivity contribution in [2.24, 2.45) is 0 Å². The highest BCUT2D eigenvalue weighted by atomic mass is 32.1. The Bertz CT molecular complexity index is 617. The minimum Gasteiger partial charge on any atom is -0.480 e. The number of carboxylic acid groups (broad SMARTS) is 2. The average molecular weight is 464 g/mol. The van der Waals surface area contributed by atoms with Gasteiger partial charge in [-0.15, -0.1) is 0 Å². The van der Waals surface area contributed by atoms with Crippen LogP contribution in [0.15, 0.2) is 12.2 Å². The fourth-order valence-corrected chi connectivity index (χ4v) is 2.75. The van der Waals surface area contributed by atoms with Gasteiger partial charge in [-0.05, 0) is 18.9 Å². The molecule has 0 aliphatic carbocycles. The molecule has 0 aliphatic rings. The first kappa shape index (κ1) is 28.9. The number of carboxylic acids is 2. The summed E-state index contributed by atoms with van der Waals surface area (Å²) in [5.41, 5.74) is 0. The van der Waals surface area contributed by atoms with E-state index in [0.717, 1.165) is 19.3 Å². The quantitative estimate of drug-likeness (QED) is 0.0594. The van der Waals surface area contributed by atoms with Crippen molar-refractivity contribution in [2.75, 3.05) is 12.3 Å². The molecule has 12 heteroatoms. The Kier molecular flexibility index (Phi) is 15.4. The minimum absolute atomic E-state index is 0.0815. The molecule has 11 nitrogen and oxygen atoms in total. The van der Waals surface area contributed by atoms with Gasteiger partial charge >= 0.3 is 11.9 Å². The van der Waals surface area contributed by atoms with Gasteiger partial charge in [0.05, 0.1) is 6.10 Å². The zero-order chi connectivity index (χ0) is 23.8. The van der Waals surface area contributed by atoms with E-state index >= 15 is 0 Å². The van der Waals surface area contributed by atoms with E-state index in [2.05, 4.69) is 28.6 Å². The lowest BCUT2D eigenvalue weighted by atomic mass is 10.1. The Morgan fingerprint density at radius 3 is 2.23 bits per heavy atom. The van der Waals surface area contributed by atoms with Crippen LogP contribution in [0.1, 0.15) is 45.4 Å². The normalized spacial score (nSPS) is 15.1. The van der Waals surface area contributed by atoms with Crippen molar-refractivity contribution in [3.63, 3.8) is 0 Å². The van der Waals surface area contributed by atoms with Gasteiger partial charge in [-0.2, -0.15) is 12.6 Å². The van der Waals surface area contributed by atoms with Crippen LogP contribution in [0.4, 0.5) is 0 Å². The monoisotopic (exact) mass is 463 g/mol. The van der Waals surface area contributed by atoms with Crippen molar-refractivity contribution in [3.8, 4) is 0 Å². The van der Waals surface area contributed by atoms with Crippen molar-refractivity contribution in [2.45, 2.75) is 69.9 Å². The van der Waals surface area contributed by atoms with Gasteiger partial charge in [-0.25, -0.2) is 0 Å². The maximum Gasteiger partial charge on any atom is 0.322 e. The lowest BCUT2D eigenvalue weighted by molar-refractivity contribution is -0.140. The Morgan fingerprint density at radius 2 is 1.68 bits per heavy atom. The summed E-state index contributed by atoms with van der Waals surface area (Å²) in [6, 6.07) is -2.33. The van der Waals surface area contributed by atoms with Crippen LogP contribution in [0.3, 0.4) is 0 Å². The number of carbonyl (C=O) groups is 4. The molecule has 0 bridgehead atoms. The van der Waals surface area contributed by atoms with Crippen LogP contribution in [0.25, 0.3) is 0 Å². The fourth-order valence-electron chi connectivity index (χ4n) is 2.49. The lowest BCUT2D eigenvalue weighted by Crippen LogP contribution is -2.49. The molecule has 0 fully saturated rings. The third kappa shape index (κ3) is 14.5. The van der Waals surface area contributed by atoms with Crippen molar-refractivity contribution in [1.82, 2.24) is 16.0 Å². The number of nitrogens with one attached hydrogen (secondary N) is 3. The van der Waals surface area contributed by atoms with Crippen molar-refractivity contribution < 1.29 is 39.6 Å². The molecule has 0 aromatic carbocycles. The summed E-state index contributed by atoms with van der Waals surface area (Å²) in [5, 5.41) is 44.5. The number of hydrogen-bond acceptors (Lipinski definition) is 8. The molecule has 0 rings (SSSR count). The maximum atomic E-state index is 12.0. The summed E-state index contributed by atoms with van der Waals surface area (Å²) in [4.78, 5) is 45.7. The Labute approximate surface area is 186 Å². The van der Waals surface area contributed by atoms with E-state index in [4.69, 9.17) is 5.11 Å². The third-order valence-corrected chi connectivity index (χ3v) is 4.56. The van der Waals surface area contributed by atoms with E-state index < -0.39 is 54.7 Å². The van der Waals surface area contributed by atoms with Crippen LogP contribution in [-0.4, -0.2) is 80.9 Å². The molecule has 0 aromatic rings. The molecule has 0 saturated heterocycles. The second kappa shape index (κ2) is 16.5. The van der Waals surface area contributed by atoms with Gasteiger partial charge in [0.2, 0.25) is 11.8 Å². The van der Waals surface area contributed by atoms with Gasteiger partial charge in [0.1, 0.15) is 24.9 Å². The molecule has 0 aliphatic heterocycles. The molecule has 7 N–H and O–H groups in total. The largest absolute Gasteiger partial charge is 0.480 e. The average Bonchev–Trinajstić information content (AvgIpc) is 2.71. The number of unbranched alkanes of at least 4 members (excludes halogenated alkanes) is 2. The second-order valence-corrected chi connectivity index (χ2v) is 7.27. The third-order valence-electron chi connectivity index (χ3n) is 4.20. The number of thiol groups is 1. The zero-order valence-electron chi connectivity index (χ0n) is 17.5. The van der Waals surface area contributed by atoms with E-state index in [1.54, 1.807) is 0 Å². The summed E-state index contributed by atoms with van der Waals surface area (Å²) in [5.74, 6) is -3.96. The molecule has 0 aromatic heterocycles. The molecule has 0 spiro atoms. The van der Waals surface area contributed by atoms with E-state index in [-0.39, 0.29) is 18.6 Å². The summed E-state index contributed by atoms with van der Waals surface area (Å²) >= 11 is 3.94. The molecule has 2 unspecified atom stereocenters. The van der Waals surface area contributed by atoms with E-state index in [0.29, 0.717) is 6.42 Å². The molecule has 4 atom stereocenters. The number of carbonyl (C=O) groups excluding carboxylic acids is 2. The SMILES string of the molecule is CCCCCC(O)C=CC(O)N[C@@H](CCC(=O)N[C@@H](CS)C(=O)NCC(=O)O)C(=O)O. The fraction of sp³-hybridized carbons (Fsp3) is 0.684. The van der Waals surface area contributed by atoms with E-state index in [9.17, 15) is 34.5 Å². The second-order valence-electron chi connectivity index (χ2n) is 6.90. The summed E-state index contributed by atoms with van der Waals surface area (Å²) in [6.45, 7) is 1.43. The van der Waals surface area contributed by atoms with Gasteiger partial charge in [-0.1, -0.05) is 32.3 Å². The number of amides is 2. The van der Waals surface area contributed by atoms with Crippen LogP contribution in [0.5, 0.6) is 0 Å². The molecule has 2 amide bonds. The van der Waals surface area contributed by atoms with Gasteiger partial charge in [0.25, 0.3) is 0 Å². The highest BCUT2D eigenvalue weighted by molar-refractivity contribution is 7.80. The summed E-state index contributed by atoms with van der Waals surface area (Å²) < 4.78 is 0. The van der Waals surface area contributed by atoms with Crippen molar-refractivity contribution >= 4 is 36.4 Å². The smallest absolute Gasteiger partial charge is 0.322 e. The van der Waals surface area contributed by atoms with Crippen LogP contribution in [0.2, 0.25) is 0 Å². The first-order chi connectivity index (χ1) is 14.6. The predicted octanol–water partition coefficient (Wildman–Crippen LogP) is -0.759. The lowest BCUT2D eigenvalue weighted by Gasteiger charge is -2.19. The van der Waals surface area contributed by atoms with Crippen LogP contribution < -0.4 is 16.0 Å². The van der Waals surface area contributed by atoms with Crippen LogP contribution >= 0.6 is 12.6 Å². The van der Waals surface area contributed by atoms with Crippen molar-refractivity contribution in [3.05, 3.63) is 12.2 Å². The highest BCUT2D eigenvalue weighted by Gasteiger charge is 2.23. The number of aliphatic hydroxyl groups excluding tert-OH is 2. The van der Waals surface area contributed by atoms with Crippen molar-refractivity contribution in [1.29, 1.82) is 0 Å². The number of aliphatic hydroxyl groups is 2. The minimum atomic E-state index is -1.34. The van der Waals surface area contributed by atoms with Gasteiger partial charge in [0, 0.05) is 12.2 Å². The number of aliphatic carboxylic acids is 2. The van der Waals surface area contributed by atoms with Gasteiger partial charge < -0.3 is 31.1 Å². The first-order valence-electron chi connectivity index (χ1n) is 10.0. The highest BCUT2D eigenvalue weighted by Crippen LogP contribution is 2.05. The zero-order valence-corrected chi connectivity index (χ0v) is 18.4. The Morgan fingerprint density at radius 1 is 1.00 bits per heavy atom. The van der Waals surface area contributed by atoms with Gasteiger partial charge in [0.15, 0.2) is 0 Å². The molecule has 0 radical (unpaired) electrons. The topological polar surface area (TPSA) is 185 Å². The predicted molar refractivity (Wildman–Crippen MR) is 116 cm³/mol. The number of rotatable bonds is 17. The summed E-state index contributed by atoms with van der Waals surface area (Å²) in [7, 11) is 0.